The van der Waals surface area contributed by atoms with E-state index < -0.39 is 0 Å². The fourth-order valence-corrected chi connectivity index (χ4v) is 1.19. The van der Waals surface area contributed by atoms with Crippen molar-refractivity contribution in [2.75, 3.05) is 20.1 Å². The average molecular weight is 216 g/mol. The monoisotopic (exact) mass is 216 g/mol. The minimum absolute atomic E-state index is 0.0636. The lowest BCUT2D eigenvalue weighted by atomic mass is 10.2. The Morgan fingerprint density at radius 3 is 2.53 bits per heavy atom. The Morgan fingerprint density at radius 2 is 2.07 bits per heavy atom. The molecule has 0 spiro atoms. The first-order chi connectivity index (χ1) is 6.99. The Kier molecular flexibility index (Phi) is 7.34. The van der Waals surface area contributed by atoms with Crippen molar-refractivity contribution in [2.24, 2.45) is 0 Å². The minimum atomic E-state index is -0.341. The van der Waals surface area contributed by atoms with Crippen LogP contribution in [0.5, 0.6) is 0 Å². The van der Waals surface area contributed by atoms with Gasteiger partial charge in [0.25, 0.3) is 0 Å². The van der Waals surface area contributed by atoms with Crippen LogP contribution in [0.4, 0.5) is 0 Å². The summed E-state index contributed by atoms with van der Waals surface area (Å²) in [6.45, 7) is 6.77. The normalized spacial score (nSPS) is 12.9. The van der Waals surface area contributed by atoms with Crippen LogP contribution in [0.3, 0.4) is 0 Å². The predicted molar refractivity (Wildman–Crippen MR) is 61.7 cm³/mol. The molecule has 0 aromatic heterocycles. The predicted octanol–water partition coefficient (Wildman–Crippen LogP) is 0.604. The molecule has 2 N–H and O–H groups in total. The van der Waals surface area contributed by atoms with E-state index in [0.29, 0.717) is 13.1 Å². The van der Waals surface area contributed by atoms with Crippen molar-refractivity contribution >= 4 is 5.91 Å². The summed E-state index contributed by atoms with van der Waals surface area (Å²) in [6.07, 6.45) is 1.40. The van der Waals surface area contributed by atoms with Crippen LogP contribution in [0, 0.1) is 0 Å². The second kappa shape index (κ2) is 7.65. The van der Waals surface area contributed by atoms with Gasteiger partial charge in [0.2, 0.25) is 5.91 Å². The van der Waals surface area contributed by atoms with E-state index in [1.165, 1.54) is 0 Å². The average Bonchev–Trinajstić information content (AvgIpc) is 2.16. The first kappa shape index (κ1) is 14.4. The van der Waals surface area contributed by atoms with Gasteiger partial charge in [-0.2, -0.15) is 0 Å². The molecule has 90 valence electrons. The van der Waals surface area contributed by atoms with Gasteiger partial charge in [-0.3, -0.25) is 4.79 Å². The van der Waals surface area contributed by atoms with Crippen molar-refractivity contribution in [3.8, 4) is 0 Å². The van der Waals surface area contributed by atoms with Crippen molar-refractivity contribution in [2.45, 2.75) is 45.8 Å². The molecule has 4 heteroatoms. The number of rotatable bonds is 7. The minimum Gasteiger partial charge on any atom is -0.392 e. The lowest BCUT2D eigenvalue weighted by Crippen LogP contribution is -2.41. The molecular weight excluding hydrogens is 192 g/mol. The zero-order valence-electron chi connectivity index (χ0n) is 10.3. The Bertz CT molecular complexity index is 183. The fourth-order valence-electron chi connectivity index (χ4n) is 1.19. The molecule has 0 rings (SSSR count). The van der Waals surface area contributed by atoms with Gasteiger partial charge in [0, 0.05) is 19.6 Å². The van der Waals surface area contributed by atoms with Crippen molar-refractivity contribution in [1.29, 1.82) is 0 Å². The maximum absolute atomic E-state index is 11.5. The van der Waals surface area contributed by atoms with Crippen molar-refractivity contribution < 1.29 is 9.90 Å². The second-order valence-corrected chi connectivity index (χ2v) is 4.17. The van der Waals surface area contributed by atoms with Gasteiger partial charge < -0.3 is 15.3 Å². The standard InChI is InChI=1S/C11H24N2O2/c1-5-6-10(14)7-12-8-11(15)13(4)9(2)3/h9-10,12,14H,5-8H2,1-4H3. The van der Waals surface area contributed by atoms with E-state index >= 15 is 0 Å². The van der Waals surface area contributed by atoms with Crippen molar-refractivity contribution in [3.05, 3.63) is 0 Å². The molecule has 4 nitrogen and oxygen atoms in total. The lowest BCUT2D eigenvalue weighted by Gasteiger charge is -2.22. The molecule has 1 atom stereocenters. The van der Waals surface area contributed by atoms with Gasteiger partial charge in [-0.15, -0.1) is 0 Å². The molecule has 0 fully saturated rings. The quantitative estimate of drug-likeness (QED) is 0.655. The highest BCUT2D eigenvalue weighted by molar-refractivity contribution is 5.78. The lowest BCUT2D eigenvalue weighted by molar-refractivity contribution is -0.130. The van der Waals surface area contributed by atoms with E-state index in [4.69, 9.17) is 0 Å². The van der Waals surface area contributed by atoms with Gasteiger partial charge in [0.05, 0.1) is 12.6 Å². The molecule has 0 aliphatic heterocycles. The zero-order chi connectivity index (χ0) is 11.8. The first-order valence-corrected chi connectivity index (χ1v) is 5.63. The van der Waals surface area contributed by atoms with Crippen LogP contribution in [0.1, 0.15) is 33.6 Å². The Labute approximate surface area is 92.7 Å². The van der Waals surface area contributed by atoms with Crippen molar-refractivity contribution in [3.63, 3.8) is 0 Å². The van der Waals surface area contributed by atoms with E-state index in [0.717, 1.165) is 12.8 Å². The largest absolute Gasteiger partial charge is 0.392 e. The van der Waals surface area contributed by atoms with Gasteiger partial charge in [0.1, 0.15) is 0 Å². The van der Waals surface area contributed by atoms with E-state index in [2.05, 4.69) is 5.32 Å². The van der Waals surface area contributed by atoms with Gasteiger partial charge in [-0.1, -0.05) is 13.3 Å². The first-order valence-electron chi connectivity index (χ1n) is 5.63. The number of nitrogens with zero attached hydrogens (tertiary/aromatic N) is 1. The van der Waals surface area contributed by atoms with Crippen LogP contribution in [0.2, 0.25) is 0 Å². The van der Waals surface area contributed by atoms with Crippen molar-refractivity contribution in [1.82, 2.24) is 10.2 Å². The van der Waals surface area contributed by atoms with Gasteiger partial charge in [-0.05, 0) is 20.3 Å². The summed E-state index contributed by atoms with van der Waals surface area (Å²) >= 11 is 0. The Morgan fingerprint density at radius 1 is 1.47 bits per heavy atom. The molecular formula is C11H24N2O2. The number of nitrogens with one attached hydrogen (secondary N) is 1. The molecule has 0 saturated carbocycles. The third-order valence-corrected chi connectivity index (χ3v) is 2.45. The molecule has 0 saturated heterocycles. The van der Waals surface area contributed by atoms with E-state index in [1.54, 1.807) is 11.9 Å². The molecule has 0 radical (unpaired) electrons. The number of carbonyl (C=O) groups excluding carboxylic acids is 1. The molecule has 1 unspecified atom stereocenters. The summed E-state index contributed by atoms with van der Waals surface area (Å²) in [7, 11) is 1.79. The second-order valence-electron chi connectivity index (χ2n) is 4.17. The third-order valence-electron chi connectivity index (χ3n) is 2.45. The molecule has 0 aliphatic rings. The number of amides is 1. The molecule has 0 heterocycles. The third kappa shape index (κ3) is 6.47. The summed E-state index contributed by atoms with van der Waals surface area (Å²) in [5, 5.41) is 12.4. The number of aliphatic hydroxyl groups excluding tert-OH is 1. The highest BCUT2D eigenvalue weighted by atomic mass is 16.3. The van der Waals surface area contributed by atoms with Gasteiger partial charge in [0.15, 0.2) is 0 Å². The smallest absolute Gasteiger partial charge is 0.236 e. The summed E-state index contributed by atoms with van der Waals surface area (Å²) in [4.78, 5) is 13.2. The number of likely N-dealkylation sites (N-methyl/N-ethyl adjacent to an activating group) is 1. The van der Waals surface area contributed by atoms with Gasteiger partial charge >= 0.3 is 0 Å². The number of hydrogen-bond donors (Lipinski definition) is 2. The Balaban J connectivity index is 3.63. The molecule has 0 aromatic carbocycles. The SMILES string of the molecule is CCCC(O)CNCC(=O)N(C)C(C)C. The molecule has 15 heavy (non-hydrogen) atoms. The van der Waals surface area contributed by atoms with Gasteiger partial charge in [-0.25, -0.2) is 0 Å². The highest BCUT2D eigenvalue weighted by Gasteiger charge is 2.11. The van der Waals surface area contributed by atoms with E-state index in [1.807, 2.05) is 20.8 Å². The number of aliphatic hydroxyl groups is 1. The zero-order valence-corrected chi connectivity index (χ0v) is 10.3. The molecule has 1 amide bonds. The Hall–Kier alpha value is -0.610. The maximum atomic E-state index is 11.5. The number of hydrogen-bond acceptors (Lipinski definition) is 3. The molecule has 0 aromatic rings. The van der Waals surface area contributed by atoms with Crippen LogP contribution in [-0.2, 0) is 4.79 Å². The molecule has 0 aliphatic carbocycles. The van der Waals surface area contributed by atoms with Crippen LogP contribution in [0.25, 0.3) is 0 Å². The van der Waals surface area contributed by atoms with E-state index in [-0.39, 0.29) is 18.1 Å². The number of carbonyl (C=O) groups is 1. The van der Waals surface area contributed by atoms with E-state index in [9.17, 15) is 9.90 Å². The molecule has 0 bridgehead atoms. The fraction of sp³-hybridized carbons (Fsp3) is 0.909. The van der Waals surface area contributed by atoms with Crippen LogP contribution in [0.15, 0.2) is 0 Å². The highest BCUT2D eigenvalue weighted by Crippen LogP contribution is 1.95. The van der Waals surface area contributed by atoms with Crippen LogP contribution in [-0.4, -0.2) is 48.2 Å². The summed E-state index contributed by atoms with van der Waals surface area (Å²) in [5.74, 6) is 0.0636. The summed E-state index contributed by atoms with van der Waals surface area (Å²) < 4.78 is 0. The summed E-state index contributed by atoms with van der Waals surface area (Å²) in [5.41, 5.74) is 0. The van der Waals surface area contributed by atoms with Crippen LogP contribution >= 0.6 is 0 Å². The topological polar surface area (TPSA) is 52.6 Å². The van der Waals surface area contributed by atoms with Crippen LogP contribution < -0.4 is 5.32 Å². The summed E-state index contributed by atoms with van der Waals surface area (Å²) in [6, 6.07) is 0.222. The maximum Gasteiger partial charge on any atom is 0.236 e.